The molecule has 0 atom stereocenters. The molecule has 6 N–H and O–H groups in total. The first kappa shape index (κ1) is 16.7. The van der Waals surface area contributed by atoms with Gasteiger partial charge in [0, 0.05) is 4.90 Å². The Morgan fingerprint density at radius 3 is 2.04 bits per heavy atom. The summed E-state index contributed by atoms with van der Waals surface area (Å²) >= 11 is 1.69. The van der Waals surface area contributed by atoms with Gasteiger partial charge in [0.25, 0.3) is 0 Å². The zero-order valence-corrected chi connectivity index (χ0v) is 13.3. The number of benzene rings is 2. The van der Waals surface area contributed by atoms with Gasteiger partial charge in [0.05, 0.1) is 0 Å². The van der Waals surface area contributed by atoms with Crippen LogP contribution in [0.1, 0.15) is 0 Å². The van der Waals surface area contributed by atoms with Gasteiger partial charge in [-0.15, -0.1) is 11.8 Å². The van der Waals surface area contributed by atoms with E-state index in [1.54, 1.807) is 23.9 Å². The van der Waals surface area contributed by atoms with Crippen molar-refractivity contribution in [2.45, 2.75) is 4.90 Å². The molecule has 2 aromatic carbocycles. The number of hydrazine groups is 1. The van der Waals surface area contributed by atoms with Crippen molar-refractivity contribution in [2.24, 2.45) is 11.6 Å². The predicted molar refractivity (Wildman–Crippen MR) is 90.5 cm³/mol. The molecular formula is C16H17N3O3S. The van der Waals surface area contributed by atoms with E-state index in [9.17, 15) is 4.79 Å². The van der Waals surface area contributed by atoms with Gasteiger partial charge in [0.15, 0.2) is 5.70 Å². The zero-order chi connectivity index (χ0) is 16.8. The Labute approximate surface area is 138 Å². The van der Waals surface area contributed by atoms with Crippen molar-refractivity contribution in [2.75, 3.05) is 6.26 Å². The Hall–Kier alpha value is -2.64. The Balaban J connectivity index is 2.18. The SMILES string of the molecule is CSc1ccc(-c2ccc(O/C(NN)=C(/N)C(=O)O)cc2)cc1. The quantitative estimate of drug-likeness (QED) is 0.211. The topological polar surface area (TPSA) is 111 Å². The van der Waals surface area contributed by atoms with E-state index in [1.807, 2.05) is 30.5 Å². The van der Waals surface area contributed by atoms with Gasteiger partial charge in [-0.2, -0.15) is 0 Å². The maximum absolute atomic E-state index is 10.8. The van der Waals surface area contributed by atoms with Gasteiger partial charge in [-0.05, 0) is 41.6 Å². The van der Waals surface area contributed by atoms with E-state index in [-0.39, 0.29) is 5.88 Å². The van der Waals surface area contributed by atoms with Crippen LogP contribution < -0.4 is 21.7 Å². The summed E-state index contributed by atoms with van der Waals surface area (Å²) in [6.45, 7) is 0. The monoisotopic (exact) mass is 331 g/mol. The largest absolute Gasteiger partial charge is 0.476 e. The molecule has 6 nitrogen and oxygen atoms in total. The maximum atomic E-state index is 10.8. The summed E-state index contributed by atoms with van der Waals surface area (Å²) in [5, 5.41) is 8.84. The van der Waals surface area contributed by atoms with Crippen LogP contribution in [0.5, 0.6) is 5.75 Å². The van der Waals surface area contributed by atoms with Gasteiger partial charge in [0.2, 0.25) is 5.88 Å². The number of carboxylic acids is 1. The first-order valence-electron chi connectivity index (χ1n) is 6.67. The van der Waals surface area contributed by atoms with Crippen LogP contribution in [-0.2, 0) is 4.79 Å². The maximum Gasteiger partial charge on any atom is 0.357 e. The molecule has 2 aromatic rings. The van der Waals surface area contributed by atoms with Crippen molar-refractivity contribution in [1.82, 2.24) is 5.43 Å². The predicted octanol–water partition coefficient (Wildman–Crippen LogP) is 2.13. The highest BCUT2D eigenvalue weighted by Gasteiger charge is 2.12. The molecule has 2 rings (SSSR count). The standard InChI is InChI=1S/C16H17N3O3S/c1-23-13-8-4-11(5-9-13)10-2-6-12(7-3-10)22-15(19-18)14(17)16(20)21/h2-9,19H,17-18H2,1H3,(H,20,21)/b15-14+. The first-order chi connectivity index (χ1) is 11.0. The van der Waals surface area contributed by atoms with Gasteiger partial charge in [-0.3, -0.25) is 5.43 Å². The molecule has 120 valence electrons. The molecule has 0 bridgehead atoms. The highest BCUT2D eigenvalue weighted by atomic mass is 32.2. The summed E-state index contributed by atoms with van der Waals surface area (Å²) < 4.78 is 5.35. The van der Waals surface area contributed by atoms with E-state index >= 15 is 0 Å². The van der Waals surface area contributed by atoms with Gasteiger partial charge < -0.3 is 15.6 Å². The van der Waals surface area contributed by atoms with E-state index in [4.69, 9.17) is 21.4 Å². The third-order valence-corrected chi connectivity index (χ3v) is 3.85. The second-order valence-corrected chi connectivity index (χ2v) is 5.43. The lowest BCUT2D eigenvalue weighted by molar-refractivity contribution is -0.132. The number of hydrogen-bond acceptors (Lipinski definition) is 6. The second kappa shape index (κ2) is 7.57. The van der Waals surface area contributed by atoms with E-state index in [2.05, 4.69) is 17.6 Å². The lowest BCUT2D eigenvalue weighted by atomic mass is 10.1. The molecular weight excluding hydrogens is 314 g/mol. The molecule has 23 heavy (non-hydrogen) atoms. The summed E-state index contributed by atoms with van der Waals surface area (Å²) in [6.07, 6.45) is 2.03. The Morgan fingerprint density at radius 2 is 1.61 bits per heavy atom. The third kappa shape index (κ3) is 4.18. The fraction of sp³-hybridized carbons (Fsp3) is 0.0625. The summed E-state index contributed by atoms with van der Waals surface area (Å²) in [4.78, 5) is 12.0. The van der Waals surface area contributed by atoms with Crippen LogP contribution in [0.4, 0.5) is 0 Å². The van der Waals surface area contributed by atoms with Gasteiger partial charge in [0.1, 0.15) is 5.75 Å². The van der Waals surface area contributed by atoms with Crippen LogP contribution in [0.15, 0.2) is 65.0 Å². The Morgan fingerprint density at radius 1 is 1.09 bits per heavy atom. The van der Waals surface area contributed by atoms with Gasteiger partial charge >= 0.3 is 5.97 Å². The Kier molecular flexibility index (Phi) is 5.51. The van der Waals surface area contributed by atoms with Gasteiger partial charge in [-0.25, -0.2) is 10.6 Å². The number of thioether (sulfide) groups is 1. The van der Waals surface area contributed by atoms with Crippen molar-refractivity contribution >= 4 is 17.7 Å². The molecule has 0 unspecified atom stereocenters. The van der Waals surface area contributed by atoms with E-state index in [0.29, 0.717) is 5.75 Å². The molecule has 0 saturated carbocycles. The highest BCUT2D eigenvalue weighted by Crippen LogP contribution is 2.25. The third-order valence-electron chi connectivity index (χ3n) is 3.10. The van der Waals surface area contributed by atoms with Crippen molar-refractivity contribution in [3.63, 3.8) is 0 Å². The van der Waals surface area contributed by atoms with Crippen LogP contribution in [0.3, 0.4) is 0 Å². The molecule has 0 radical (unpaired) electrons. The minimum absolute atomic E-state index is 0.213. The lowest BCUT2D eigenvalue weighted by Crippen LogP contribution is -2.31. The molecule has 0 aromatic heterocycles. The summed E-state index contributed by atoms with van der Waals surface area (Å²) in [6, 6.07) is 15.3. The van der Waals surface area contributed by atoms with Crippen LogP contribution in [0.25, 0.3) is 11.1 Å². The van der Waals surface area contributed by atoms with Gasteiger partial charge in [-0.1, -0.05) is 24.3 Å². The Bertz CT molecular complexity index is 712. The smallest absolute Gasteiger partial charge is 0.357 e. The zero-order valence-electron chi connectivity index (χ0n) is 12.4. The van der Waals surface area contributed by atoms with Crippen LogP contribution in [0, 0.1) is 0 Å². The van der Waals surface area contributed by atoms with E-state index in [1.165, 1.54) is 4.90 Å². The fourth-order valence-electron chi connectivity index (χ4n) is 1.88. The fourth-order valence-corrected chi connectivity index (χ4v) is 2.28. The first-order valence-corrected chi connectivity index (χ1v) is 7.89. The second-order valence-electron chi connectivity index (χ2n) is 4.55. The summed E-state index contributed by atoms with van der Waals surface area (Å²) in [7, 11) is 0. The van der Waals surface area contributed by atoms with E-state index in [0.717, 1.165) is 11.1 Å². The number of nitrogens with two attached hydrogens (primary N) is 2. The molecule has 0 saturated heterocycles. The van der Waals surface area contributed by atoms with Crippen molar-refractivity contribution in [3.05, 3.63) is 60.1 Å². The molecule has 7 heteroatoms. The van der Waals surface area contributed by atoms with Crippen molar-refractivity contribution < 1.29 is 14.6 Å². The van der Waals surface area contributed by atoms with Crippen LogP contribution in [-0.4, -0.2) is 17.3 Å². The number of carboxylic acid groups (broad SMARTS) is 1. The average Bonchev–Trinajstić information content (AvgIpc) is 2.59. The number of hydrogen-bond donors (Lipinski definition) is 4. The lowest BCUT2D eigenvalue weighted by Gasteiger charge is -2.11. The number of aliphatic carboxylic acids is 1. The average molecular weight is 331 g/mol. The molecule has 0 aliphatic heterocycles. The molecule has 0 heterocycles. The number of nitrogens with one attached hydrogen (secondary N) is 1. The van der Waals surface area contributed by atoms with Crippen LogP contribution in [0.2, 0.25) is 0 Å². The molecule has 0 amide bonds. The van der Waals surface area contributed by atoms with Crippen LogP contribution >= 0.6 is 11.8 Å². The number of ether oxygens (including phenoxy) is 1. The highest BCUT2D eigenvalue weighted by molar-refractivity contribution is 7.98. The number of rotatable bonds is 6. The normalized spacial score (nSPS) is 11.6. The van der Waals surface area contributed by atoms with E-state index < -0.39 is 11.7 Å². The minimum Gasteiger partial charge on any atom is -0.476 e. The van der Waals surface area contributed by atoms with Crippen molar-refractivity contribution in [3.8, 4) is 16.9 Å². The minimum atomic E-state index is -1.32. The molecule has 0 aliphatic rings. The number of carbonyl (C=O) groups is 1. The molecule has 0 aliphatic carbocycles. The molecule has 0 spiro atoms. The molecule has 0 fully saturated rings. The summed E-state index contributed by atoms with van der Waals surface area (Å²) in [5.74, 6) is 4.12. The summed E-state index contributed by atoms with van der Waals surface area (Å²) in [5.41, 5.74) is 9.11. The van der Waals surface area contributed by atoms with Crippen molar-refractivity contribution in [1.29, 1.82) is 0 Å².